The zero-order chi connectivity index (χ0) is 20.9. The first kappa shape index (κ1) is 22.2. The minimum absolute atomic E-state index is 0.149. The summed E-state index contributed by atoms with van der Waals surface area (Å²) < 4.78 is 13.7. The molecule has 2 atom stereocenters. The molecule has 0 radical (unpaired) electrons. The second kappa shape index (κ2) is 10.5. The van der Waals surface area contributed by atoms with Crippen LogP contribution in [0, 0.1) is 17.7 Å². The molecule has 0 amide bonds. The molecule has 3 heterocycles. The zero-order valence-corrected chi connectivity index (χ0v) is 18.8. The summed E-state index contributed by atoms with van der Waals surface area (Å²) in [5, 5.41) is 0. The van der Waals surface area contributed by atoms with Crippen LogP contribution in [0.15, 0.2) is 24.3 Å². The third-order valence-electron chi connectivity index (χ3n) is 7.61. The molecule has 3 saturated heterocycles. The van der Waals surface area contributed by atoms with Crippen LogP contribution >= 0.6 is 0 Å². The maximum atomic E-state index is 13.7. The molecule has 1 aromatic carbocycles. The second-order valence-electron chi connectivity index (χ2n) is 9.68. The molecule has 4 rings (SSSR count). The van der Waals surface area contributed by atoms with Crippen LogP contribution in [0.5, 0.6) is 0 Å². The maximum absolute atomic E-state index is 13.7. The first-order valence-corrected chi connectivity index (χ1v) is 12.0. The van der Waals surface area contributed by atoms with E-state index >= 15 is 0 Å². The fourth-order valence-corrected chi connectivity index (χ4v) is 5.65. The summed E-state index contributed by atoms with van der Waals surface area (Å²) in [7, 11) is 2.25. The van der Waals surface area contributed by atoms with Crippen molar-refractivity contribution in [2.75, 3.05) is 59.4 Å². The molecule has 6 heteroatoms. The Bertz CT molecular complexity index is 655. The van der Waals surface area contributed by atoms with Crippen LogP contribution in [0.4, 0.5) is 4.39 Å². The maximum Gasteiger partial charge on any atom is 0.123 e. The summed E-state index contributed by atoms with van der Waals surface area (Å²) in [6.45, 7) is 11.6. The van der Waals surface area contributed by atoms with Crippen LogP contribution in [-0.4, -0.2) is 80.1 Å². The lowest BCUT2D eigenvalue weighted by Gasteiger charge is -2.42. The van der Waals surface area contributed by atoms with Crippen molar-refractivity contribution in [2.24, 2.45) is 11.8 Å². The number of halogens is 1. The Hall–Kier alpha value is -1.05. The van der Waals surface area contributed by atoms with Gasteiger partial charge in [-0.25, -0.2) is 9.82 Å². The Kier molecular flexibility index (Phi) is 7.76. The Balaban J connectivity index is 1.26. The number of piperidine rings is 2. The van der Waals surface area contributed by atoms with Gasteiger partial charge in [0.05, 0.1) is 6.04 Å². The average molecular weight is 418 g/mol. The topological polar surface area (TPSA) is 33.8 Å². The molecular weight excluding hydrogens is 377 g/mol. The molecule has 0 bridgehead atoms. The lowest BCUT2D eigenvalue weighted by Crippen LogP contribution is -2.48. The molecule has 30 heavy (non-hydrogen) atoms. The van der Waals surface area contributed by atoms with Gasteiger partial charge in [0.25, 0.3) is 0 Å². The van der Waals surface area contributed by atoms with Crippen LogP contribution in [-0.2, 0) is 0 Å². The van der Waals surface area contributed by atoms with Crippen molar-refractivity contribution in [2.45, 2.75) is 44.7 Å². The summed E-state index contributed by atoms with van der Waals surface area (Å²) >= 11 is 0. The zero-order valence-electron chi connectivity index (χ0n) is 18.8. The molecule has 0 aromatic heterocycles. The second-order valence-corrected chi connectivity index (χ2v) is 9.68. The summed E-state index contributed by atoms with van der Waals surface area (Å²) in [5.41, 5.74) is 7.73. The Morgan fingerprint density at radius 2 is 1.83 bits per heavy atom. The van der Waals surface area contributed by atoms with Gasteiger partial charge in [0.15, 0.2) is 0 Å². The van der Waals surface area contributed by atoms with E-state index in [0.29, 0.717) is 5.92 Å². The van der Waals surface area contributed by atoms with Crippen LogP contribution in [0.3, 0.4) is 0 Å². The van der Waals surface area contributed by atoms with Gasteiger partial charge in [-0.3, -0.25) is 5.43 Å². The first-order chi connectivity index (χ1) is 14.6. The molecular formula is C24H40FN5. The van der Waals surface area contributed by atoms with Gasteiger partial charge in [0.1, 0.15) is 5.82 Å². The van der Waals surface area contributed by atoms with Crippen LogP contribution in [0.1, 0.15) is 44.2 Å². The summed E-state index contributed by atoms with van der Waals surface area (Å²) in [5.74, 6) is 1.12. The normalized spacial score (nSPS) is 27.9. The van der Waals surface area contributed by atoms with E-state index in [4.69, 9.17) is 0 Å². The monoisotopic (exact) mass is 417 g/mol. The van der Waals surface area contributed by atoms with Crippen molar-refractivity contribution in [1.29, 1.82) is 0 Å². The highest BCUT2D eigenvalue weighted by Gasteiger charge is 2.32. The summed E-state index contributed by atoms with van der Waals surface area (Å²) in [4.78, 5) is 7.86. The van der Waals surface area contributed by atoms with E-state index in [1.54, 1.807) is 6.07 Å². The van der Waals surface area contributed by atoms with Crippen LogP contribution < -0.4 is 10.9 Å². The highest BCUT2D eigenvalue weighted by atomic mass is 19.1. The Morgan fingerprint density at radius 1 is 1.07 bits per heavy atom. The van der Waals surface area contributed by atoms with Gasteiger partial charge in [-0.05, 0) is 89.1 Å². The smallest absolute Gasteiger partial charge is 0.123 e. The van der Waals surface area contributed by atoms with Crippen molar-refractivity contribution in [1.82, 2.24) is 25.6 Å². The summed E-state index contributed by atoms with van der Waals surface area (Å²) in [6, 6.07) is 8.05. The third-order valence-corrected chi connectivity index (χ3v) is 7.61. The van der Waals surface area contributed by atoms with Crippen molar-refractivity contribution in [3.05, 3.63) is 35.6 Å². The summed E-state index contributed by atoms with van der Waals surface area (Å²) in [6.07, 6.45) is 5.34. The molecule has 2 N–H and O–H groups in total. The minimum Gasteiger partial charge on any atom is -0.306 e. The number of hydrogen-bond donors (Lipinski definition) is 2. The number of hydrazine groups is 1. The van der Waals surface area contributed by atoms with Gasteiger partial charge < -0.3 is 14.7 Å². The van der Waals surface area contributed by atoms with Gasteiger partial charge >= 0.3 is 0 Å². The van der Waals surface area contributed by atoms with E-state index in [9.17, 15) is 4.39 Å². The highest BCUT2D eigenvalue weighted by Crippen LogP contribution is 2.28. The minimum atomic E-state index is -0.149. The molecule has 0 saturated carbocycles. The Morgan fingerprint density at radius 3 is 2.53 bits per heavy atom. The van der Waals surface area contributed by atoms with Gasteiger partial charge in [0, 0.05) is 31.6 Å². The van der Waals surface area contributed by atoms with E-state index in [1.807, 2.05) is 12.1 Å². The van der Waals surface area contributed by atoms with Gasteiger partial charge in [-0.15, -0.1) is 0 Å². The molecule has 0 aliphatic carbocycles. The third kappa shape index (κ3) is 5.60. The van der Waals surface area contributed by atoms with E-state index in [-0.39, 0.29) is 11.9 Å². The standard InChI is InChI=1S/C24H40FN5/c1-3-29(18-21-16-26-27-24(21)20-5-4-6-22(25)15-20)17-19-7-13-30(14-8-19)23-9-11-28(2)12-10-23/h4-6,15,19,21,23-24,26-27H,3,7-14,16-18H2,1-2H3. The SMILES string of the molecule is CCN(CC1CCN(C2CCN(C)CC2)CC1)CC1CNNC1c1cccc(F)c1. The number of hydrogen-bond acceptors (Lipinski definition) is 5. The Labute approximate surface area is 181 Å². The molecule has 3 fully saturated rings. The molecule has 2 unspecified atom stereocenters. The van der Waals surface area contributed by atoms with Crippen LogP contribution in [0.25, 0.3) is 0 Å². The van der Waals surface area contributed by atoms with Gasteiger partial charge in [-0.2, -0.15) is 0 Å². The number of rotatable bonds is 7. The molecule has 168 valence electrons. The molecule has 1 aromatic rings. The van der Waals surface area contributed by atoms with Crippen molar-refractivity contribution >= 4 is 0 Å². The fraction of sp³-hybridized carbons (Fsp3) is 0.750. The molecule has 3 aliphatic rings. The number of benzene rings is 1. The molecule has 3 aliphatic heterocycles. The molecule has 5 nitrogen and oxygen atoms in total. The highest BCUT2D eigenvalue weighted by molar-refractivity contribution is 5.22. The van der Waals surface area contributed by atoms with E-state index in [2.05, 4.69) is 39.5 Å². The van der Waals surface area contributed by atoms with E-state index < -0.39 is 0 Å². The lowest BCUT2D eigenvalue weighted by atomic mass is 9.91. The van der Waals surface area contributed by atoms with Gasteiger partial charge in [0.2, 0.25) is 0 Å². The predicted octanol–water partition coefficient (Wildman–Crippen LogP) is 2.72. The van der Waals surface area contributed by atoms with Crippen molar-refractivity contribution < 1.29 is 4.39 Å². The molecule has 0 spiro atoms. The quantitative estimate of drug-likeness (QED) is 0.713. The predicted molar refractivity (Wildman–Crippen MR) is 121 cm³/mol. The fourth-order valence-electron chi connectivity index (χ4n) is 5.65. The van der Waals surface area contributed by atoms with Crippen molar-refractivity contribution in [3.63, 3.8) is 0 Å². The lowest BCUT2D eigenvalue weighted by molar-refractivity contribution is 0.0733. The number of likely N-dealkylation sites (tertiary alicyclic amines) is 2. The largest absolute Gasteiger partial charge is 0.306 e. The number of nitrogens with one attached hydrogen (secondary N) is 2. The van der Waals surface area contributed by atoms with E-state index in [0.717, 1.165) is 37.2 Å². The van der Waals surface area contributed by atoms with E-state index in [1.165, 1.54) is 64.5 Å². The first-order valence-electron chi connectivity index (χ1n) is 12.0. The van der Waals surface area contributed by atoms with Gasteiger partial charge in [-0.1, -0.05) is 19.1 Å². The van der Waals surface area contributed by atoms with Crippen molar-refractivity contribution in [3.8, 4) is 0 Å². The average Bonchev–Trinajstić information content (AvgIpc) is 3.22. The van der Waals surface area contributed by atoms with Crippen LogP contribution in [0.2, 0.25) is 0 Å². The number of nitrogens with zero attached hydrogens (tertiary/aromatic N) is 3.